The monoisotopic (exact) mass is 256 g/mol. The first-order chi connectivity index (χ1) is 8.13. The van der Waals surface area contributed by atoms with Gasteiger partial charge in [0.05, 0.1) is 11.4 Å². The van der Waals surface area contributed by atoms with Gasteiger partial charge in [-0.2, -0.15) is 0 Å². The third-order valence-electron chi connectivity index (χ3n) is 2.03. The van der Waals surface area contributed by atoms with Gasteiger partial charge in [-0.15, -0.1) is 11.3 Å². The Kier molecular flexibility index (Phi) is 5.65. The fraction of sp³-hybridized carbons (Fsp3) is 0.455. The second-order valence-electron chi connectivity index (χ2n) is 3.52. The van der Waals surface area contributed by atoms with E-state index in [4.69, 9.17) is 5.11 Å². The zero-order valence-electron chi connectivity index (χ0n) is 9.66. The molecule has 0 aromatic carbocycles. The Balaban J connectivity index is 2.26. The number of hydrogen-bond donors (Lipinski definition) is 3. The Morgan fingerprint density at radius 2 is 2.12 bits per heavy atom. The normalized spacial score (nSPS) is 10.0. The van der Waals surface area contributed by atoms with Gasteiger partial charge in [-0.1, -0.05) is 0 Å². The van der Waals surface area contributed by atoms with Crippen LogP contribution in [0.2, 0.25) is 0 Å². The molecule has 3 N–H and O–H groups in total. The number of nitrogens with one attached hydrogen (secondary N) is 2. The minimum atomic E-state index is -0.250. The lowest BCUT2D eigenvalue weighted by molar-refractivity contribution is -0.120. The number of amides is 2. The zero-order valence-corrected chi connectivity index (χ0v) is 10.5. The maximum atomic E-state index is 11.6. The molecule has 0 unspecified atom stereocenters. The van der Waals surface area contributed by atoms with Crippen molar-refractivity contribution in [2.45, 2.75) is 13.3 Å². The van der Waals surface area contributed by atoms with Crippen LogP contribution in [-0.4, -0.2) is 36.6 Å². The van der Waals surface area contributed by atoms with Gasteiger partial charge in [0, 0.05) is 18.0 Å². The molecule has 17 heavy (non-hydrogen) atoms. The van der Waals surface area contributed by atoms with Crippen LogP contribution >= 0.6 is 11.3 Å². The molecule has 6 heteroatoms. The van der Waals surface area contributed by atoms with Crippen molar-refractivity contribution < 1.29 is 14.7 Å². The molecule has 0 aliphatic rings. The highest BCUT2D eigenvalue weighted by molar-refractivity contribution is 7.13. The molecular formula is C11H16N2O3S. The number of thiophene rings is 1. The lowest BCUT2D eigenvalue weighted by Crippen LogP contribution is -2.37. The quantitative estimate of drug-likeness (QED) is 0.640. The summed E-state index contributed by atoms with van der Waals surface area (Å²) in [6, 6.07) is 3.60. The molecule has 1 heterocycles. The minimum Gasteiger partial charge on any atom is -0.396 e. The van der Waals surface area contributed by atoms with Crippen LogP contribution in [0.4, 0.5) is 0 Å². The van der Waals surface area contributed by atoms with Gasteiger partial charge in [0.1, 0.15) is 0 Å². The number of aryl methyl sites for hydroxylation is 1. The van der Waals surface area contributed by atoms with Gasteiger partial charge >= 0.3 is 0 Å². The summed E-state index contributed by atoms with van der Waals surface area (Å²) in [6.45, 7) is 2.34. The smallest absolute Gasteiger partial charge is 0.261 e. The molecule has 0 saturated heterocycles. The summed E-state index contributed by atoms with van der Waals surface area (Å²) in [7, 11) is 0. The van der Waals surface area contributed by atoms with Gasteiger partial charge in [0.15, 0.2) is 0 Å². The van der Waals surface area contributed by atoms with E-state index >= 15 is 0 Å². The summed E-state index contributed by atoms with van der Waals surface area (Å²) in [5.74, 6) is -0.486. The first kappa shape index (κ1) is 13.7. The minimum absolute atomic E-state index is 0.0405. The maximum Gasteiger partial charge on any atom is 0.261 e. The zero-order chi connectivity index (χ0) is 12.7. The SMILES string of the molecule is Cc1ccc(C(=O)NCC(=O)NCCCO)s1. The fourth-order valence-electron chi connectivity index (χ4n) is 1.17. The Bertz CT molecular complexity index is 390. The van der Waals surface area contributed by atoms with Gasteiger partial charge in [0.2, 0.25) is 5.91 Å². The van der Waals surface area contributed by atoms with E-state index in [2.05, 4.69) is 10.6 Å². The lowest BCUT2D eigenvalue weighted by Gasteiger charge is -2.05. The third-order valence-corrected chi connectivity index (χ3v) is 3.03. The molecule has 0 spiro atoms. The molecule has 1 rings (SSSR count). The molecule has 1 aromatic heterocycles. The first-order valence-corrected chi connectivity index (χ1v) is 6.17. The first-order valence-electron chi connectivity index (χ1n) is 5.35. The number of rotatable bonds is 6. The van der Waals surface area contributed by atoms with Crippen LogP contribution in [-0.2, 0) is 4.79 Å². The molecular weight excluding hydrogens is 240 g/mol. The number of carbonyl (C=O) groups is 2. The van der Waals surface area contributed by atoms with E-state index in [-0.39, 0.29) is 25.0 Å². The van der Waals surface area contributed by atoms with Crippen LogP contribution in [0.1, 0.15) is 21.0 Å². The molecule has 0 fully saturated rings. The van der Waals surface area contributed by atoms with Gasteiger partial charge in [0.25, 0.3) is 5.91 Å². The molecule has 0 saturated carbocycles. The average Bonchev–Trinajstić information content (AvgIpc) is 2.73. The average molecular weight is 256 g/mol. The lowest BCUT2D eigenvalue weighted by atomic mass is 10.4. The molecule has 0 aliphatic carbocycles. The number of carbonyl (C=O) groups excluding carboxylic acids is 2. The van der Waals surface area contributed by atoms with Crippen LogP contribution in [0.25, 0.3) is 0 Å². The summed E-state index contributed by atoms with van der Waals surface area (Å²) >= 11 is 1.39. The topological polar surface area (TPSA) is 78.4 Å². The number of hydrogen-bond acceptors (Lipinski definition) is 4. The summed E-state index contributed by atoms with van der Waals surface area (Å²) in [4.78, 5) is 24.5. The molecule has 5 nitrogen and oxygen atoms in total. The van der Waals surface area contributed by atoms with Crippen LogP contribution < -0.4 is 10.6 Å². The second kappa shape index (κ2) is 7.03. The predicted molar refractivity (Wildman–Crippen MR) is 66.1 cm³/mol. The van der Waals surface area contributed by atoms with Gasteiger partial charge in [-0.05, 0) is 25.5 Å². The molecule has 0 atom stereocenters. The standard InChI is InChI=1S/C11H16N2O3S/c1-8-3-4-9(17-8)11(16)13-7-10(15)12-5-2-6-14/h3-4,14H,2,5-7H2,1H3,(H,12,15)(H,13,16). The molecule has 0 bridgehead atoms. The van der Waals surface area contributed by atoms with Gasteiger partial charge in [-0.3, -0.25) is 9.59 Å². The summed E-state index contributed by atoms with van der Waals surface area (Å²) in [5, 5.41) is 13.6. The van der Waals surface area contributed by atoms with E-state index in [1.54, 1.807) is 6.07 Å². The van der Waals surface area contributed by atoms with Crippen molar-refractivity contribution in [2.75, 3.05) is 19.7 Å². The van der Waals surface area contributed by atoms with E-state index in [1.807, 2.05) is 13.0 Å². The van der Waals surface area contributed by atoms with E-state index in [0.29, 0.717) is 17.8 Å². The maximum absolute atomic E-state index is 11.6. The van der Waals surface area contributed by atoms with Gasteiger partial charge < -0.3 is 15.7 Å². The van der Waals surface area contributed by atoms with Crippen molar-refractivity contribution in [3.8, 4) is 0 Å². The summed E-state index contributed by atoms with van der Waals surface area (Å²) in [5.41, 5.74) is 0. The van der Waals surface area contributed by atoms with E-state index in [1.165, 1.54) is 11.3 Å². The van der Waals surface area contributed by atoms with E-state index < -0.39 is 0 Å². The van der Waals surface area contributed by atoms with Crippen molar-refractivity contribution in [2.24, 2.45) is 0 Å². The number of aliphatic hydroxyl groups is 1. The van der Waals surface area contributed by atoms with Gasteiger partial charge in [-0.25, -0.2) is 0 Å². The Labute approximate surface area is 104 Å². The fourth-order valence-corrected chi connectivity index (χ4v) is 1.96. The summed E-state index contributed by atoms with van der Waals surface area (Å²) in [6.07, 6.45) is 0.518. The number of aliphatic hydroxyl groups excluding tert-OH is 1. The highest BCUT2D eigenvalue weighted by atomic mass is 32.1. The molecule has 2 amide bonds. The van der Waals surface area contributed by atoms with Crippen molar-refractivity contribution >= 4 is 23.2 Å². The van der Waals surface area contributed by atoms with Crippen molar-refractivity contribution in [3.05, 3.63) is 21.9 Å². The van der Waals surface area contributed by atoms with Crippen LogP contribution in [0.3, 0.4) is 0 Å². The largest absolute Gasteiger partial charge is 0.396 e. The van der Waals surface area contributed by atoms with E-state index in [0.717, 1.165) is 4.88 Å². The van der Waals surface area contributed by atoms with Crippen molar-refractivity contribution in [3.63, 3.8) is 0 Å². The highest BCUT2D eigenvalue weighted by Crippen LogP contribution is 2.14. The Hall–Kier alpha value is -1.40. The van der Waals surface area contributed by atoms with Crippen LogP contribution in [0.15, 0.2) is 12.1 Å². The molecule has 0 radical (unpaired) electrons. The van der Waals surface area contributed by atoms with E-state index in [9.17, 15) is 9.59 Å². The molecule has 0 aliphatic heterocycles. The van der Waals surface area contributed by atoms with Crippen molar-refractivity contribution in [1.82, 2.24) is 10.6 Å². The van der Waals surface area contributed by atoms with Crippen LogP contribution in [0.5, 0.6) is 0 Å². The molecule has 1 aromatic rings. The third kappa shape index (κ3) is 4.97. The van der Waals surface area contributed by atoms with Crippen LogP contribution in [0, 0.1) is 6.92 Å². The molecule has 94 valence electrons. The predicted octanol–water partition coefficient (Wildman–Crippen LogP) is 0.285. The second-order valence-corrected chi connectivity index (χ2v) is 4.81. The summed E-state index contributed by atoms with van der Waals surface area (Å²) < 4.78 is 0. The highest BCUT2D eigenvalue weighted by Gasteiger charge is 2.09. The van der Waals surface area contributed by atoms with Crippen molar-refractivity contribution in [1.29, 1.82) is 0 Å². The Morgan fingerprint density at radius 3 is 2.71 bits per heavy atom. The Morgan fingerprint density at radius 1 is 1.35 bits per heavy atom.